The SMILES string of the molecule is Cc1ccc(-c2cc(C3=CC=CC(C)C3)nc(-c3ccccc3)c2)cc1. The molecule has 0 N–H and O–H groups in total. The van der Waals surface area contributed by atoms with Crippen LogP contribution in [0.15, 0.2) is 85.0 Å². The molecule has 0 bridgehead atoms. The zero-order valence-electron chi connectivity index (χ0n) is 15.3. The third kappa shape index (κ3) is 3.52. The molecular formula is C25H23N. The van der Waals surface area contributed by atoms with Crippen molar-refractivity contribution >= 4 is 5.57 Å². The second-order valence-electron chi connectivity index (χ2n) is 7.12. The molecule has 0 amide bonds. The third-order valence-corrected chi connectivity index (χ3v) is 4.89. The van der Waals surface area contributed by atoms with E-state index in [-0.39, 0.29) is 0 Å². The molecule has 1 heteroatoms. The van der Waals surface area contributed by atoms with E-state index in [9.17, 15) is 0 Å². The van der Waals surface area contributed by atoms with Gasteiger partial charge >= 0.3 is 0 Å². The maximum Gasteiger partial charge on any atom is 0.0715 e. The summed E-state index contributed by atoms with van der Waals surface area (Å²) in [4.78, 5) is 5.00. The van der Waals surface area contributed by atoms with Crippen LogP contribution in [0.25, 0.3) is 28.0 Å². The van der Waals surface area contributed by atoms with Gasteiger partial charge in [-0.05, 0) is 48.1 Å². The highest BCUT2D eigenvalue weighted by molar-refractivity contribution is 5.77. The van der Waals surface area contributed by atoms with Crippen LogP contribution in [0.3, 0.4) is 0 Å². The Balaban J connectivity index is 1.86. The summed E-state index contributed by atoms with van der Waals surface area (Å²) in [5, 5.41) is 0. The summed E-state index contributed by atoms with van der Waals surface area (Å²) >= 11 is 0. The second kappa shape index (κ2) is 7.13. The highest BCUT2D eigenvalue weighted by atomic mass is 14.7. The first-order valence-electron chi connectivity index (χ1n) is 9.21. The fourth-order valence-corrected chi connectivity index (χ4v) is 3.40. The van der Waals surface area contributed by atoms with Crippen molar-refractivity contribution in [3.05, 3.63) is 96.2 Å². The molecule has 2 aromatic carbocycles. The fourth-order valence-electron chi connectivity index (χ4n) is 3.40. The fraction of sp³-hybridized carbons (Fsp3) is 0.160. The average molecular weight is 337 g/mol. The number of hydrogen-bond acceptors (Lipinski definition) is 1. The third-order valence-electron chi connectivity index (χ3n) is 4.89. The van der Waals surface area contributed by atoms with Crippen molar-refractivity contribution in [1.29, 1.82) is 0 Å². The summed E-state index contributed by atoms with van der Waals surface area (Å²) < 4.78 is 0. The number of aromatic nitrogens is 1. The summed E-state index contributed by atoms with van der Waals surface area (Å²) in [5.74, 6) is 0.556. The van der Waals surface area contributed by atoms with E-state index in [1.54, 1.807) is 0 Å². The first kappa shape index (κ1) is 16.5. The lowest BCUT2D eigenvalue weighted by Gasteiger charge is -2.16. The Labute approximate surface area is 155 Å². The van der Waals surface area contributed by atoms with Gasteiger partial charge in [0.25, 0.3) is 0 Å². The van der Waals surface area contributed by atoms with Crippen LogP contribution in [0.5, 0.6) is 0 Å². The van der Waals surface area contributed by atoms with Crippen molar-refractivity contribution in [2.45, 2.75) is 20.3 Å². The van der Waals surface area contributed by atoms with Gasteiger partial charge < -0.3 is 0 Å². The Morgan fingerprint density at radius 3 is 2.27 bits per heavy atom. The number of rotatable bonds is 3. The predicted molar refractivity (Wildman–Crippen MR) is 111 cm³/mol. The van der Waals surface area contributed by atoms with Crippen molar-refractivity contribution in [3.8, 4) is 22.4 Å². The van der Waals surface area contributed by atoms with Gasteiger partial charge in [0.2, 0.25) is 0 Å². The lowest BCUT2D eigenvalue weighted by Crippen LogP contribution is -2.00. The molecule has 3 aromatic rings. The maximum absolute atomic E-state index is 5.00. The summed E-state index contributed by atoms with van der Waals surface area (Å²) in [6, 6.07) is 23.6. The summed E-state index contributed by atoms with van der Waals surface area (Å²) in [5.41, 5.74) is 8.31. The largest absolute Gasteiger partial charge is 0.248 e. The van der Waals surface area contributed by atoms with Gasteiger partial charge in [0.1, 0.15) is 0 Å². The first-order valence-corrected chi connectivity index (χ1v) is 9.21. The van der Waals surface area contributed by atoms with Crippen LogP contribution in [-0.2, 0) is 0 Å². The Kier molecular flexibility index (Phi) is 4.53. The molecule has 1 aliphatic carbocycles. The Hall–Kier alpha value is -2.93. The van der Waals surface area contributed by atoms with Gasteiger partial charge in [-0.2, -0.15) is 0 Å². The number of benzene rings is 2. The van der Waals surface area contributed by atoms with Crippen molar-refractivity contribution in [2.24, 2.45) is 5.92 Å². The Bertz CT molecular complexity index is 963. The van der Waals surface area contributed by atoms with Crippen molar-refractivity contribution < 1.29 is 0 Å². The second-order valence-corrected chi connectivity index (χ2v) is 7.12. The quantitative estimate of drug-likeness (QED) is 0.518. The maximum atomic E-state index is 5.00. The Morgan fingerprint density at radius 2 is 1.54 bits per heavy atom. The van der Waals surface area contributed by atoms with Crippen LogP contribution in [-0.4, -0.2) is 4.98 Å². The zero-order valence-corrected chi connectivity index (χ0v) is 15.3. The predicted octanol–water partition coefficient (Wildman–Crippen LogP) is 6.70. The smallest absolute Gasteiger partial charge is 0.0715 e. The minimum atomic E-state index is 0.556. The van der Waals surface area contributed by atoms with Gasteiger partial charge in [-0.1, -0.05) is 85.3 Å². The number of allylic oxidation sites excluding steroid dienone is 4. The molecule has 1 heterocycles. The van der Waals surface area contributed by atoms with E-state index in [1.807, 2.05) is 6.07 Å². The average Bonchev–Trinajstić information content (AvgIpc) is 2.69. The van der Waals surface area contributed by atoms with Crippen LogP contribution in [0.1, 0.15) is 24.6 Å². The van der Waals surface area contributed by atoms with Gasteiger partial charge in [0.05, 0.1) is 11.4 Å². The van der Waals surface area contributed by atoms with Crippen LogP contribution in [0, 0.1) is 12.8 Å². The molecular weight excluding hydrogens is 314 g/mol. The van der Waals surface area contributed by atoms with Crippen molar-refractivity contribution in [1.82, 2.24) is 4.98 Å². The number of aryl methyl sites for hydroxylation is 1. The minimum absolute atomic E-state index is 0.556. The van der Waals surface area contributed by atoms with Crippen LogP contribution >= 0.6 is 0 Å². The van der Waals surface area contributed by atoms with Crippen LogP contribution in [0.2, 0.25) is 0 Å². The van der Waals surface area contributed by atoms with E-state index in [1.165, 1.54) is 22.3 Å². The molecule has 0 saturated carbocycles. The van der Waals surface area contributed by atoms with E-state index in [0.29, 0.717) is 5.92 Å². The summed E-state index contributed by atoms with van der Waals surface area (Å²) in [6.07, 6.45) is 7.66. The van der Waals surface area contributed by atoms with E-state index >= 15 is 0 Å². The topological polar surface area (TPSA) is 12.9 Å². The van der Waals surface area contributed by atoms with Crippen LogP contribution < -0.4 is 0 Å². The minimum Gasteiger partial charge on any atom is -0.248 e. The Morgan fingerprint density at radius 1 is 0.808 bits per heavy atom. The number of nitrogens with zero attached hydrogens (tertiary/aromatic N) is 1. The molecule has 128 valence electrons. The number of pyridine rings is 1. The normalized spacial score (nSPS) is 16.4. The lowest BCUT2D eigenvalue weighted by atomic mass is 9.92. The van der Waals surface area contributed by atoms with E-state index in [4.69, 9.17) is 4.98 Å². The van der Waals surface area contributed by atoms with E-state index in [0.717, 1.165) is 23.4 Å². The molecule has 1 nitrogen and oxygen atoms in total. The van der Waals surface area contributed by atoms with Gasteiger partial charge in [-0.25, -0.2) is 4.98 Å². The standard InChI is InChI=1S/C25H23N/c1-18-11-13-20(14-12-18)23-16-24(21-8-4-3-5-9-21)26-25(17-23)22-10-6-7-19(2)15-22/h3-14,16-17,19H,15H2,1-2H3. The van der Waals surface area contributed by atoms with E-state index in [2.05, 4.69) is 92.7 Å². The molecule has 4 rings (SSSR count). The first-order chi connectivity index (χ1) is 12.7. The van der Waals surface area contributed by atoms with E-state index < -0.39 is 0 Å². The van der Waals surface area contributed by atoms with Gasteiger partial charge in [0.15, 0.2) is 0 Å². The zero-order chi connectivity index (χ0) is 17.9. The molecule has 1 aromatic heterocycles. The van der Waals surface area contributed by atoms with Gasteiger partial charge in [0, 0.05) is 5.56 Å². The molecule has 0 fully saturated rings. The summed E-state index contributed by atoms with van der Waals surface area (Å²) in [6.45, 7) is 4.38. The molecule has 1 atom stereocenters. The molecule has 26 heavy (non-hydrogen) atoms. The molecule has 1 unspecified atom stereocenters. The van der Waals surface area contributed by atoms with Gasteiger partial charge in [-0.3, -0.25) is 0 Å². The molecule has 1 aliphatic rings. The molecule has 0 aliphatic heterocycles. The number of hydrogen-bond donors (Lipinski definition) is 0. The van der Waals surface area contributed by atoms with Gasteiger partial charge in [-0.15, -0.1) is 0 Å². The highest BCUT2D eigenvalue weighted by Crippen LogP contribution is 2.32. The summed E-state index contributed by atoms with van der Waals surface area (Å²) in [7, 11) is 0. The highest BCUT2D eigenvalue weighted by Gasteiger charge is 2.13. The van der Waals surface area contributed by atoms with Crippen molar-refractivity contribution in [3.63, 3.8) is 0 Å². The lowest BCUT2D eigenvalue weighted by molar-refractivity contribution is 0.747. The van der Waals surface area contributed by atoms with Crippen LogP contribution in [0.4, 0.5) is 0 Å². The molecule has 0 spiro atoms. The van der Waals surface area contributed by atoms with Crippen molar-refractivity contribution in [2.75, 3.05) is 0 Å². The molecule has 0 saturated heterocycles. The monoisotopic (exact) mass is 337 g/mol. The molecule has 0 radical (unpaired) electrons.